The SMILES string of the molecule is Cc1c(NC(=O)NCCc2cccnc2)c(=O)n(-c2ccccc2)n1C. The first kappa shape index (κ1) is 17.5. The van der Waals surface area contributed by atoms with Gasteiger partial charge >= 0.3 is 6.03 Å². The van der Waals surface area contributed by atoms with Crippen LogP contribution in [0.4, 0.5) is 10.5 Å². The molecule has 0 unspecified atom stereocenters. The summed E-state index contributed by atoms with van der Waals surface area (Å²) in [6, 6.07) is 12.7. The number of carbonyl (C=O) groups is 1. The summed E-state index contributed by atoms with van der Waals surface area (Å²) in [7, 11) is 1.79. The number of hydrogen-bond acceptors (Lipinski definition) is 3. The highest BCUT2D eigenvalue weighted by molar-refractivity contribution is 5.89. The first-order valence-electron chi connectivity index (χ1n) is 8.35. The van der Waals surface area contributed by atoms with Gasteiger partial charge in [-0.05, 0) is 37.1 Å². The molecule has 134 valence electrons. The molecule has 3 rings (SSSR count). The van der Waals surface area contributed by atoms with E-state index in [-0.39, 0.29) is 11.2 Å². The summed E-state index contributed by atoms with van der Waals surface area (Å²) in [6.07, 6.45) is 4.14. The van der Waals surface area contributed by atoms with Crippen molar-refractivity contribution in [1.82, 2.24) is 19.7 Å². The van der Waals surface area contributed by atoms with Crippen LogP contribution in [0.15, 0.2) is 59.7 Å². The monoisotopic (exact) mass is 351 g/mol. The minimum Gasteiger partial charge on any atom is -0.338 e. The molecule has 7 heteroatoms. The lowest BCUT2D eigenvalue weighted by atomic mass is 10.2. The van der Waals surface area contributed by atoms with Gasteiger partial charge in [-0.25, -0.2) is 9.48 Å². The van der Waals surface area contributed by atoms with Crippen molar-refractivity contribution in [3.8, 4) is 5.69 Å². The Labute approximate surface area is 151 Å². The maximum Gasteiger partial charge on any atom is 0.319 e. The second-order valence-corrected chi connectivity index (χ2v) is 5.93. The van der Waals surface area contributed by atoms with Crippen LogP contribution in [0.5, 0.6) is 0 Å². The summed E-state index contributed by atoms with van der Waals surface area (Å²) in [6.45, 7) is 2.25. The van der Waals surface area contributed by atoms with Crippen molar-refractivity contribution >= 4 is 11.7 Å². The number of benzene rings is 1. The zero-order chi connectivity index (χ0) is 18.5. The van der Waals surface area contributed by atoms with Crippen molar-refractivity contribution in [1.29, 1.82) is 0 Å². The van der Waals surface area contributed by atoms with Crippen LogP contribution in [0.25, 0.3) is 5.69 Å². The van der Waals surface area contributed by atoms with Gasteiger partial charge in [-0.3, -0.25) is 14.5 Å². The molecule has 0 aliphatic heterocycles. The van der Waals surface area contributed by atoms with E-state index < -0.39 is 6.03 Å². The van der Waals surface area contributed by atoms with Crippen LogP contribution in [0.3, 0.4) is 0 Å². The van der Waals surface area contributed by atoms with Gasteiger partial charge in [0.25, 0.3) is 5.56 Å². The lowest BCUT2D eigenvalue weighted by molar-refractivity contribution is 0.252. The van der Waals surface area contributed by atoms with Crippen LogP contribution < -0.4 is 16.2 Å². The zero-order valence-corrected chi connectivity index (χ0v) is 14.8. The van der Waals surface area contributed by atoms with Gasteiger partial charge in [-0.15, -0.1) is 0 Å². The molecule has 0 bridgehead atoms. The Bertz CT molecular complexity index is 945. The third kappa shape index (κ3) is 3.66. The molecule has 26 heavy (non-hydrogen) atoms. The van der Waals surface area contributed by atoms with E-state index >= 15 is 0 Å². The standard InChI is InChI=1S/C19H21N5O2/c1-14-17(18(25)24(23(14)2)16-8-4-3-5-9-16)22-19(26)21-12-10-15-7-6-11-20-13-15/h3-9,11,13H,10,12H2,1-2H3,(H2,21,22,26). The van der Waals surface area contributed by atoms with E-state index in [1.165, 1.54) is 4.68 Å². The van der Waals surface area contributed by atoms with Crippen LogP contribution >= 0.6 is 0 Å². The molecule has 0 spiro atoms. The highest BCUT2D eigenvalue weighted by Gasteiger charge is 2.17. The number of rotatable bonds is 5. The molecule has 7 nitrogen and oxygen atoms in total. The molecule has 0 aliphatic carbocycles. The second kappa shape index (κ2) is 7.69. The average molecular weight is 351 g/mol. The molecule has 2 heterocycles. The number of aromatic nitrogens is 3. The topological polar surface area (TPSA) is 81.0 Å². The largest absolute Gasteiger partial charge is 0.338 e. The maximum atomic E-state index is 12.7. The van der Waals surface area contributed by atoms with Gasteiger partial charge in [0.05, 0.1) is 11.4 Å². The van der Waals surface area contributed by atoms with Gasteiger partial charge in [-0.1, -0.05) is 24.3 Å². The molecular formula is C19H21N5O2. The smallest absolute Gasteiger partial charge is 0.319 e. The second-order valence-electron chi connectivity index (χ2n) is 5.93. The third-order valence-corrected chi connectivity index (χ3v) is 4.21. The first-order chi connectivity index (χ1) is 12.6. The van der Waals surface area contributed by atoms with Crippen LogP contribution in [-0.2, 0) is 13.5 Å². The molecule has 2 N–H and O–H groups in total. The lowest BCUT2D eigenvalue weighted by Gasteiger charge is -2.07. The molecule has 3 aromatic rings. The normalized spacial score (nSPS) is 10.5. The molecule has 1 aromatic carbocycles. The average Bonchev–Trinajstić information content (AvgIpc) is 2.87. The van der Waals surface area contributed by atoms with E-state index in [4.69, 9.17) is 0 Å². The Kier molecular flexibility index (Phi) is 5.17. The fourth-order valence-corrected chi connectivity index (χ4v) is 2.74. The highest BCUT2D eigenvalue weighted by Crippen LogP contribution is 2.13. The van der Waals surface area contributed by atoms with Crippen molar-refractivity contribution < 1.29 is 4.79 Å². The number of amides is 2. The summed E-state index contributed by atoms with van der Waals surface area (Å²) in [5.74, 6) is 0. The molecule has 2 aromatic heterocycles. The number of pyridine rings is 1. The molecule has 0 saturated heterocycles. The number of carbonyl (C=O) groups excluding carboxylic acids is 1. The summed E-state index contributed by atoms with van der Waals surface area (Å²) in [5.41, 5.74) is 2.47. The zero-order valence-electron chi connectivity index (χ0n) is 14.8. The summed E-state index contributed by atoms with van der Waals surface area (Å²) >= 11 is 0. The van der Waals surface area contributed by atoms with Crippen molar-refractivity contribution in [2.75, 3.05) is 11.9 Å². The predicted octanol–water partition coefficient (Wildman–Crippen LogP) is 2.24. The minimum absolute atomic E-state index is 0.265. The number of hydrogen-bond donors (Lipinski definition) is 2. The Morgan fingerprint density at radius 1 is 1.15 bits per heavy atom. The Hall–Kier alpha value is -3.35. The van der Waals surface area contributed by atoms with E-state index in [0.717, 1.165) is 11.3 Å². The van der Waals surface area contributed by atoms with Gasteiger partial charge in [0, 0.05) is 26.0 Å². The number of para-hydroxylation sites is 1. The number of nitrogens with one attached hydrogen (secondary N) is 2. The Morgan fingerprint density at radius 2 is 1.92 bits per heavy atom. The van der Waals surface area contributed by atoms with E-state index in [1.807, 2.05) is 42.5 Å². The van der Waals surface area contributed by atoms with Crippen molar-refractivity contribution in [2.24, 2.45) is 7.05 Å². The van der Waals surface area contributed by atoms with Crippen LogP contribution in [0.2, 0.25) is 0 Å². The first-order valence-corrected chi connectivity index (χ1v) is 8.35. The van der Waals surface area contributed by atoms with Crippen molar-refractivity contribution in [3.05, 3.63) is 76.5 Å². The molecule has 0 saturated carbocycles. The van der Waals surface area contributed by atoms with Crippen molar-refractivity contribution in [2.45, 2.75) is 13.3 Å². The summed E-state index contributed by atoms with van der Waals surface area (Å²) < 4.78 is 3.25. The molecule has 0 radical (unpaired) electrons. The number of anilines is 1. The van der Waals surface area contributed by atoms with Gasteiger partial charge in [0.15, 0.2) is 0 Å². The number of urea groups is 1. The fraction of sp³-hybridized carbons (Fsp3) is 0.211. The van der Waals surface area contributed by atoms with Gasteiger partial charge in [-0.2, -0.15) is 0 Å². The number of nitrogens with zero attached hydrogens (tertiary/aromatic N) is 3. The van der Waals surface area contributed by atoms with Gasteiger partial charge in [0.2, 0.25) is 0 Å². The minimum atomic E-state index is -0.403. The maximum absolute atomic E-state index is 12.7. The molecule has 0 aliphatic rings. The summed E-state index contributed by atoms with van der Waals surface area (Å²) in [4.78, 5) is 28.9. The van der Waals surface area contributed by atoms with Crippen LogP contribution in [0, 0.1) is 6.92 Å². The highest BCUT2D eigenvalue weighted by atomic mass is 16.2. The molecule has 0 fully saturated rings. The predicted molar refractivity (Wildman–Crippen MR) is 101 cm³/mol. The van der Waals surface area contributed by atoms with Gasteiger partial charge < -0.3 is 10.6 Å². The van der Waals surface area contributed by atoms with Crippen molar-refractivity contribution in [3.63, 3.8) is 0 Å². The van der Waals surface area contributed by atoms with E-state index in [2.05, 4.69) is 15.6 Å². The Morgan fingerprint density at radius 3 is 2.62 bits per heavy atom. The lowest BCUT2D eigenvalue weighted by Crippen LogP contribution is -2.32. The molecular weight excluding hydrogens is 330 g/mol. The third-order valence-electron chi connectivity index (χ3n) is 4.21. The quantitative estimate of drug-likeness (QED) is 0.740. The van der Waals surface area contributed by atoms with Crippen LogP contribution in [-0.4, -0.2) is 26.9 Å². The van der Waals surface area contributed by atoms with E-state index in [9.17, 15) is 9.59 Å². The van der Waals surface area contributed by atoms with Gasteiger partial charge in [0.1, 0.15) is 5.69 Å². The molecule has 2 amide bonds. The molecule has 0 atom stereocenters. The van der Waals surface area contributed by atoms with Crippen LogP contribution in [0.1, 0.15) is 11.3 Å². The van der Waals surface area contributed by atoms with E-state index in [0.29, 0.717) is 18.7 Å². The van der Waals surface area contributed by atoms with E-state index in [1.54, 1.807) is 31.0 Å². The Balaban J connectivity index is 1.70. The summed E-state index contributed by atoms with van der Waals surface area (Å²) in [5, 5.41) is 5.44. The fourth-order valence-electron chi connectivity index (χ4n) is 2.74.